The Morgan fingerprint density at radius 1 is 1.03 bits per heavy atom. The topological polar surface area (TPSA) is 106 Å². The smallest absolute Gasteiger partial charge is 0.330 e. The molecule has 0 aliphatic carbocycles. The normalized spacial score (nSPS) is 22.8. The maximum absolute atomic E-state index is 12.8. The van der Waals surface area contributed by atoms with E-state index in [1.807, 2.05) is 20.8 Å². The molecule has 212 valence electrons. The van der Waals surface area contributed by atoms with Crippen LogP contribution < -0.4 is 11.2 Å². The van der Waals surface area contributed by atoms with E-state index >= 15 is 0 Å². The largest absolute Gasteiger partial charge is 0.411 e. The molecule has 1 aliphatic rings. The Kier molecular flexibility index (Phi) is 8.90. The molecule has 0 amide bonds. The minimum Gasteiger partial charge on any atom is -0.411 e. The number of ether oxygens (including phenoxy) is 1. The van der Waals surface area contributed by atoms with Crippen LogP contribution >= 0.6 is 0 Å². The Hall–Kier alpha value is -1.34. The number of nitrogens with zero attached hydrogens (tertiary/aromatic N) is 1. The molecule has 2 heterocycles. The second-order valence-electron chi connectivity index (χ2n) is 14.6. The molecule has 0 unspecified atom stereocenters. The van der Waals surface area contributed by atoms with E-state index in [0.717, 1.165) is 0 Å². The summed E-state index contributed by atoms with van der Waals surface area (Å²) in [4.78, 5) is 27.2. The Bertz CT molecular complexity index is 1100. The van der Waals surface area contributed by atoms with Gasteiger partial charge in [0, 0.05) is 29.3 Å². The van der Waals surface area contributed by atoms with Crippen molar-refractivity contribution in [3.05, 3.63) is 32.6 Å². The molecule has 1 aromatic heterocycles. The third-order valence-electron chi connectivity index (χ3n) is 8.44. The zero-order chi connectivity index (χ0) is 28.9. The first-order chi connectivity index (χ1) is 16.4. The third-order valence-corrected chi connectivity index (χ3v) is 17.4. The molecule has 2 rings (SSSR count). The van der Waals surface area contributed by atoms with Crippen LogP contribution in [0.3, 0.4) is 0 Å². The number of nitrogens with one attached hydrogen (secondary N) is 2. The molecule has 2 N–H and O–H groups in total. The van der Waals surface area contributed by atoms with Crippen LogP contribution in [0, 0.1) is 17.7 Å². The van der Waals surface area contributed by atoms with Gasteiger partial charge >= 0.3 is 5.69 Å². The van der Waals surface area contributed by atoms with Gasteiger partial charge in [0.05, 0.1) is 6.10 Å². The molecule has 0 saturated carbocycles. The van der Waals surface area contributed by atoms with Gasteiger partial charge in [-0.25, -0.2) is 4.79 Å². The van der Waals surface area contributed by atoms with Crippen LogP contribution in [0.5, 0.6) is 0 Å². The number of aryl methyl sites for hydroxylation is 1. The molecule has 10 heteroatoms. The average Bonchev–Trinajstić information content (AvgIpc) is 3.08. The van der Waals surface area contributed by atoms with E-state index in [4.69, 9.17) is 13.6 Å². The van der Waals surface area contributed by atoms with Gasteiger partial charge in [0.15, 0.2) is 16.6 Å². The van der Waals surface area contributed by atoms with Gasteiger partial charge in [-0.3, -0.25) is 14.3 Å². The number of aromatic amines is 1. The van der Waals surface area contributed by atoms with Crippen molar-refractivity contribution in [1.29, 1.82) is 5.41 Å². The van der Waals surface area contributed by atoms with Gasteiger partial charge in [0.1, 0.15) is 18.4 Å². The highest BCUT2D eigenvalue weighted by Gasteiger charge is 2.52. The molecule has 37 heavy (non-hydrogen) atoms. The maximum atomic E-state index is 12.8. The fourth-order valence-corrected chi connectivity index (χ4v) is 6.37. The summed E-state index contributed by atoms with van der Waals surface area (Å²) >= 11 is 0. The van der Waals surface area contributed by atoms with Crippen molar-refractivity contribution < 1.29 is 13.6 Å². The maximum Gasteiger partial charge on any atom is 0.330 e. The van der Waals surface area contributed by atoms with Gasteiger partial charge in [-0.15, -0.1) is 0 Å². The summed E-state index contributed by atoms with van der Waals surface area (Å²) in [5.74, 6) is 0. The second-order valence-corrected chi connectivity index (χ2v) is 24.2. The van der Waals surface area contributed by atoms with E-state index in [9.17, 15) is 15.0 Å². The highest BCUT2D eigenvalue weighted by molar-refractivity contribution is 6.74. The molecular weight excluding hydrogens is 502 g/mol. The van der Waals surface area contributed by atoms with Gasteiger partial charge in [-0.2, -0.15) is 0 Å². The molecule has 8 nitrogen and oxygen atoms in total. The Morgan fingerprint density at radius 3 is 2.00 bits per heavy atom. The van der Waals surface area contributed by atoms with Crippen LogP contribution in [0.1, 0.15) is 80.5 Å². The number of rotatable bonds is 7. The molecule has 4 atom stereocenters. The molecular formula is C27H51N3O5Si2. The Labute approximate surface area is 225 Å². The Balaban J connectivity index is 2.65. The highest BCUT2D eigenvalue weighted by Crippen LogP contribution is 2.44. The molecule has 1 aliphatic heterocycles. The van der Waals surface area contributed by atoms with E-state index in [0.29, 0.717) is 17.7 Å². The van der Waals surface area contributed by atoms with Gasteiger partial charge in [0.2, 0.25) is 0 Å². The van der Waals surface area contributed by atoms with E-state index in [-0.39, 0.29) is 16.2 Å². The van der Waals surface area contributed by atoms with E-state index < -0.39 is 51.7 Å². The van der Waals surface area contributed by atoms with Crippen molar-refractivity contribution in [2.45, 2.75) is 136 Å². The fourth-order valence-electron chi connectivity index (χ4n) is 3.78. The molecule has 0 aromatic carbocycles. The van der Waals surface area contributed by atoms with Crippen molar-refractivity contribution >= 4 is 22.3 Å². The van der Waals surface area contributed by atoms with Gasteiger partial charge < -0.3 is 19.0 Å². The summed E-state index contributed by atoms with van der Waals surface area (Å²) in [7, 11) is -4.55. The van der Waals surface area contributed by atoms with E-state index in [2.05, 4.69) is 72.7 Å². The number of H-pyrrole nitrogens is 1. The quantitative estimate of drug-likeness (QED) is 0.319. The Morgan fingerprint density at radius 2 is 1.54 bits per heavy atom. The molecule has 1 fully saturated rings. The summed E-state index contributed by atoms with van der Waals surface area (Å²) in [6.07, 6.45) is -0.226. The summed E-state index contributed by atoms with van der Waals surface area (Å²) in [6, 6.07) is 0. The predicted molar refractivity (Wildman–Crippen MR) is 156 cm³/mol. The summed E-state index contributed by atoms with van der Waals surface area (Å²) in [5, 5.41) is 9.12. The van der Waals surface area contributed by atoms with E-state index in [1.165, 1.54) is 4.57 Å². The lowest BCUT2D eigenvalue weighted by Gasteiger charge is -2.45. The minimum absolute atomic E-state index is 0.0334. The third kappa shape index (κ3) is 7.00. The van der Waals surface area contributed by atoms with Crippen LogP contribution in [0.4, 0.5) is 0 Å². The van der Waals surface area contributed by atoms with Crippen LogP contribution in [-0.4, -0.2) is 50.2 Å². The van der Waals surface area contributed by atoms with Gasteiger partial charge in [-0.05, 0) is 43.2 Å². The molecule has 1 aromatic rings. The highest BCUT2D eigenvalue weighted by atomic mass is 28.4. The van der Waals surface area contributed by atoms with Crippen LogP contribution in [0.2, 0.25) is 36.3 Å². The monoisotopic (exact) mass is 553 g/mol. The lowest BCUT2D eigenvalue weighted by molar-refractivity contribution is -0.0589. The first-order valence-corrected chi connectivity index (χ1v) is 19.1. The van der Waals surface area contributed by atoms with Crippen molar-refractivity contribution in [3.63, 3.8) is 0 Å². The molecule has 1 saturated heterocycles. The summed E-state index contributed by atoms with van der Waals surface area (Å²) < 4.78 is 21.9. The fraction of sp³-hybridized carbons (Fsp3) is 0.815. The van der Waals surface area contributed by atoms with Crippen LogP contribution in [0.15, 0.2) is 15.8 Å². The van der Waals surface area contributed by atoms with Gasteiger partial charge in [0.25, 0.3) is 5.56 Å². The lowest BCUT2D eigenvalue weighted by Crippen LogP contribution is -2.56. The molecule has 0 radical (unpaired) electrons. The first kappa shape index (κ1) is 31.9. The number of aromatic nitrogens is 2. The van der Waals surface area contributed by atoms with Crippen molar-refractivity contribution in [2.75, 3.05) is 0 Å². The molecule has 0 spiro atoms. The number of hydrogen-bond donors (Lipinski definition) is 2. The zero-order valence-corrected chi connectivity index (χ0v) is 27.6. The SMILES string of the molecule is Cc1cn([C@H]2C[C@H](O[Si](C)(C)C(C)(C)C)[C@@H]([C@H](O[Si](C)(C)C(C)(C)C)C(=N)C(C)(C)C)O2)c(=O)[nH]c1=O. The van der Waals surface area contributed by atoms with Gasteiger partial charge in [-0.1, -0.05) is 62.3 Å². The minimum atomic E-state index is -2.31. The zero-order valence-electron chi connectivity index (χ0n) is 25.6. The van der Waals surface area contributed by atoms with Crippen molar-refractivity contribution in [2.24, 2.45) is 5.41 Å². The average molecular weight is 554 g/mol. The predicted octanol–water partition coefficient (Wildman–Crippen LogP) is 5.98. The van der Waals surface area contributed by atoms with Crippen molar-refractivity contribution in [3.8, 4) is 0 Å². The van der Waals surface area contributed by atoms with Crippen molar-refractivity contribution in [1.82, 2.24) is 9.55 Å². The summed E-state index contributed by atoms with van der Waals surface area (Å²) in [6.45, 7) is 29.6. The van der Waals surface area contributed by atoms with Crippen LogP contribution in [-0.2, 0) is 13.6 Å². The lowest BCUT2D eigenvalue weighted by atomic mass is 9.84. The number of hydrogen-bond acceptors (Lipinski definition) is 6. The first-order valence-electron chi connectivity index (χ1n) is 13.3. The van der Waals surface area contributed by atoms with Crippen LogP contribution in [0.25, 0.3) is 0 Å². The second kappa shape index (κ2) is 10.3. The standard InChI is InChI=1S/C27H51N3O5Si2/c1-17-16-30(24(32)29-23(17)31)19-15-18(34-36(11,12)26(5,6)7)20(33-19)21(22(28)25(2,3)4)35-37(13,14)27(8,9)10/h16,18-21,28H,15H2,1-14H3,(H,29,31,32)/t18-,19+,20-,21-/m0/s1. The molecule has 0 bridgehead atoms. The summed E-state index contributed by atoms with van der Waals surface area (Å²) in [5.41, 5.74) is -0.470. The van der Waals surface area contributed by atoms with E-state index in [1.54, 1.807) is 13.1 Å².